The fourth-order valence-electron chi connectivity index (χ4n) is 1.56. The van der Waals surface area contributed by atoms with Crippen LogP contribution in [-0.2, 0) is 0 Å². The monoisotopic (exact) mass is 192 g/mol. The van der Waals surface area contributed by atoms with Crippen LogP contribution in [0.1, 0.15) is 20.8 Å². The zero-order chi connectivity index (χ0) is 10.1. The maximum Gasteiger partial charge on any atom is 0.173 e. The zero-order valence-corrected chi connectivity index (χ0v) is 8.86. The van der Waals surface area contributed by atoms with E-state index >= 15 is 0 Å². The third-order valence-corrected chi connectivity index (χ3v) is 2.36. The lowest BCUT2D eigenvalue weighted by Gasteiger charge is -2.22. The van der Waals surface area contributed by atoms with E-state index in [0.29, 0.717) is 5.92 Å². The summed E-state index contributed by atoms with van der Waals surface area (Å²) in [5.41, 5.74) is 4.44. The second kappa shape index (κ2) is 3.46. The predicted octanol–water partition coefficient (Wildman–Crippen LogP) is 1.47. The molecule has 4 nitrogen and oxygen atoms in total. The number of hydrazine groups is 2. The normalized spacial score (nSPS) is 20.0. The van der Waals surface area contributed by atoms with Gasteiger partial charge in [-0.2, -0.15) is 0 Å². The van der Waals surface area contributed by atoms with Crippen molar-refractivity contribution in [3.63, 3.8) is 0 Å². The molecule has 0 aromatic carbocycles. The van der Waals surface area contributed by atoms with Gasteiger partial charge in [-0.15, -0.1) is 10.6 Å². The van der Waals surface area contributed by atoms with Crippen molar-refractivity contribution in [1.29, 1.82) is 0 Å². The molecule has 0 spiro atoms. The lowest BCUT2D eigenvalue weighted by Crippen LogP contribution is -2.40. The molecule has 0 aromatic heterocycles. The van der Waals surface area contributed by atoms with Crippen LogP contribution < -0.4 is 5.53 Å². The maximum atomic E-state index is 4.48. The molecule has 0 amide bonds. The second-order valence-electron chi connectivity index (χ2n) is 3.73. The average molecular weight is 192 g/mol. The van der Waals surface area contributed by atoms with Gasteiger partial charge >= 0.3 is 0 Å². The van der Waals surface area contributed by atoms with Gasteiger partial charge in [-0.05, 0) is 18.9 Å². The van der Waals surface area contributed by atoms with E-state index < -0.39 is 0 Å². The minimum Gasteiger partial charge on any atom is -0.246 e. The molecule has 1 N–H and O–H groups in total. The molecular weight excluding hydrogens is 176 g/mol. The van der Waals surface area contributed by atoms with Crippen molar-refractivity contribution in [3.05, 3.63) is 23.9 Å². The molecule has 0 aromatic rings. The van der Waals surface area contributed by atoms with E-state index in [9.17, 15) is 0 Å². The summed E-state index contributed by atoms with van der Waals surface area (Å²) in [7, 11) is 0. The summed E-state index contributed by atoms with van der Waals surface area (Å²) in [6.07, 6.45) is 6.15. The van der Waals surface area contributed by atoms with Crippen molar-refractivity contribution in [2.75, 3.05) is 6.54 Å². The van der Waals surface area contributed by atoms with Crippen LogP contribution in [0.3, 0.4) is 0 Å². The third-order valence-electron chi connectivity index (χ3n) is 2.36. The number of amidine groups is 1. The number of hydrazone groups is 1. The third kappa shape index (κ3) is 1.42. The fraction of sp³-hybridized carbons (Fsp3) is 0.500. The molecule has 0 aliphatic carbocycles. The highest BCUT2D eigenvalue weighted by molar-refractivity contribution is 6.00. The second-order valence-corrected chi connectivity index (χ2v) is 3.73. The standard InChI is InChI=1S/C10H16N4/c1-4-14-11-10-9(8(2)3)6-5-7-13(10)12-14/h5-8,12H,4H2,1-3H3. The number of nitrogens with zero attached hydrogens (tertiary/aromatic N) is 3. The van der Waals surface area contributed by atoms with Crippen LogP contribution in [-0.4, -0.2) is 22.5 Å². The highest BCUT2D eigenvalue weighted by Gasteiger charge is 2.25. The molecule has 0 fully saturated rings. The highest BCUT2D eigenvalue weighted by Crippen LogP contribution is 2.20. The van der Waals surface area contributed by atoms with E-state index in [2.05, 4.69) is 37.5 Å². The van der Waals surface area contributed by atoms with E-state index in [1.807, 2.05) is 22.4 Å². The fourth-order valence-corrected chi connectivity index (χ4v) is 1.56. The molecule has 0 unspecified atom stereocenters. The first-order valence-corrected chi connectivity index (χ1v) is 5.02. The quantitative estimate of drug-likeness (QED) is 0.718. The summed E-state index contributed by atoms with van der Waals surface area (Å²) in [6.45, 7) is 7.29. The molecule has 0 bridgehead atoms. The van der Waals surface area contributed by atoms with Gasteiger partial charge in [0.25, 0.3) is 0 Å². The average Bonchev–Trinajstić information content (AvgIpc) is 2.59. The minimum atomic E-state index is 0.500. The van der Waals surface area contributed by atoms with Crippen LogP contribution in [0, 0.1) is 5.92 Å². The smallest absolute Gasteiger partial charge is 0.173 e. The van der Waals surface area contributed by atoms with Crippen LogP contribution in [0.4, 0.5) is 0 Å². The number of hydrogen-bond acceptors (Lipinski definition) is 4. The van der Waals surface area contributed by atoms with Crippen LogP contribution in [0.5, 0.6) is 0 Å². The van der Waals surface area contributed by atoms with Gasteiger partial charge in [-0.25, -0.2) is 10.1 Å². The molecule has 0 saturated carbocycles. The first-order chi connectivity index (χ1) is 6.72. The van der Waals surface area contributed by atoms with Crippen molar-refractivity contribution in [1.82, 2.24) is 15.7 Å². The van der Waals surface area contributed by atoms with Gasteiger partial charge in [0.05, 0.1) is 6.54 Å². The van der Waals surface area contributed by atoms with Crippen LogP contribution in [0.25, 0.3) is 0 Å². The van der Waals surface area contributed by atoms with Gasteiger partial charge < -0.3 is 0 Å². The van der Waals surface area contributed by atoms with E-state index in [-0.39, 0.29) is 0 Å². The molecular formula is C10H16N4. The molecule has 4 heteroatoms. The van der Waals surface area contributed by atoms with E-state index in [1.165, 1.54) is 5.57 Å². The Labute approximate surface area is 84.5 Å². The topological polar surface area (TPSA) is 30.9 Å². The number of hydrogen-bond donors (Lipinski definition) is 1. The summed E-state index contributed by atoms with van der Waals surface area (Å²) < 4.78 is 0. The van der Waals surface area contributed by atoms with Crippen LogP contribution in [0.2, 0.25) is 0 Å². The summed E-state index contributed by atoms with van der Waals surface area (Å²) in [5, 5.41) is 8.27. The van der Waals surface area contributed by atoms with Gasteiger partial charge in [0, 0.05) is 11.8 Å². The summed E-state index contributed by atoms with van der Waals surface area (Å²) >= 11 is 0. The Morgan fingerprint density at radius 2 is 2.29 bits per heavy atom. The molecule has 2 rings (SSSR count). The zero-order valence-electron chi connectivity index (χ0n) is 8.86. The summed E-state index contributed by atoms with van der Waals surface area (Å²) in [6, 6.07) is 0. The first kappa shape index (κ1) is 9.27. The first-order valence-electron chi connectivity index (χ1n) is 5.02. The molecule has 2 heterocycles. The molecule has 2 aliphatic heterocycles. The van der Waals surface area contributed by atoms with Crippen molar-refractivity contribution < 1.29 is 0 Å². The summed E-state index contributed by atoms with van der Waals surface area (Å²) in [4.78, 5) is 0. The molecule has 0 radical (unpaired) electrons. The van der Waals surface area contributed by atoms with E-state index in [0.717, 1.165) is 12.4 Å². The number of rotatable bonds is 2. The van der Waals surface area contributed by atoms with Crippen molar-refractivity contribution >= 4 is 5.84 Å². The highest BCUT2D eigenvalue weighted by atomic mass is 15.9. The number of allylic oxidation sites excluding steroid dienone is 2. The van der Waals surface area contributed by atoms with Crippen LogP contribution in [0.15, 0.2) is 29.0 Å². The van der Waals surface area contributed by atoms with E-state index in [1.54, 1.807) is 0 Å². The van der Waals surface area contributed by atoms with Gasteiger partial charge in [-0.3, -0.25) is 0 Å². The lowest BCUT2D eigenvalue weighted by molar-refractivity contribution is 0.150. The van der Waals surface area contributed by atoms with Crippen molar-refractivity contribution in [2.45, 2.75) is 20.8 Å². The van der Waals surface area contributed by atoms with Gasteiger partial charge in [0.1, 0.15) is 0 Å². The minimum absolute atomic E-state index is 0.500. The maximum absolute atomic E-state index is 4.48. The molecule has 2 aliphatic rings. The van der Waals surface area contributed by atoms with Crippen molar-refractivity contribution in [2.24, 2.45) is 11.0 Å². The predicted molar refractivity (Wildman–Crippen MR) is 56.9 cm³/mol. The van der Waals surface area contributed by atoms with Crippen molar-refractivity contribution in [3.8, 4) is 0 Å². The Morgan fingerprint density at radius 1 is 1.50 bits per heavy atom. The molecule has 0 atom stereocenters. The van der Waals surface area contributed by atoms with Gasteiger partial charge in [0.15, 0.2) is 5.84 Å². The Morgan fingerprint density at radius 3 is 2.93 bits per heavy atom. The van der Waals surface area contributed by atoms with Crippen LogP contribution >= 0.6 is 0 Å². The lowest BCUT2D eigenvalue weighted by atomic mass is 10.0. The Hall–Kier alpha value is -1.29. The number of fused-ring (bicyclic) bond motifs is 1. The van der Waals surface area contributed by atoms with E-state index in [4.69, 9.17) is 0 Å². The van der Waals surface area contributed by atoms with Gasteiger partial charge in [-0.1, -0.05) is 19.9 Å². The Kier molecular flexibility index (Phi) is 2.29. The summed E-state index contributed by atoms with van der Waals surface area (Å²) in [5.74, 6) is 1.52. The largest absolute Gasteiger partial charge is 0.246 e. The Bertz CT molecular complexity index is 314. The van der Waals surface area contributed by atoms with Gasteiger partial charge in [0.2, 0.25) is 0 Å². The SMILES string of the molecule is CCN1N=C2C(C(C)C)=CC=CN2N1. The molecule has 0 saturated heterocycles. The Balaban J connectivity index is 2.27. The molecule has 14 heavy (non-hydrogen) atoms. The number of nitrogens with one attached hydrogen (secondary N) is 1. The molecule has 76 valence electrons.